The Kier molecular flexibility index (Phi) is 7.80. The number of rotatable bonds is 8. The molecule has 5 aromatic rings. The highest BCUT2D eigenvalue weighted by Gasteiger charge is 2.33. The standard InChI is InChI=1S/C35H32N4O4S/c1-5-18-38-22(4)26(25-14-10-11-15-27(25)38)20-30-34(42)39-32(23-16-17-28(40)29(19-23)43-6-2)31(21(3)36-35(39)44-30)33(41)37-24-12-8-7-9-13-24/h5,7-17,19-20,32,40H,1,6,18H2,2-4H3,(H,37,41)/b30-20-/t32-/m0/s1. The quantitative estimate of drug-likeness (QED) is 0.231. The molecule has 1 atom stereocenters. The number of nitrogens with zero attached hydrogens (tertiary/aromatic N) is 3. The van der Waals surface area contributed by atoms with E-state index in [1.54, 1.807) is 35.8 Å². The Morgan fingerprint density at radius 1 is 1.11 bits per heavy atom. The van der Waals surface area contributed by atoms with Gasteiger partial charge in [0.15, 0.2) is 16.3 Å². The van der Waals surface area contributed by atoms with Crippen molar-refractivity contribution >= 4 is 39.9 Å². The summed E-state index contributed by atoms with van der Waals surface area (Å²) in [6, 6.07) is 21.4. The maximum absolute atomic E-state index is 14.3. The van der Waals surface area contributed by atoms with Crippen LogP contribution in [-0.2, 0) is 11.3 Å². The predicted molar refractivity (Wildman–Crippen MR) is 175 cm³/mol. The van der Waals surface area contributed by atoms with Gasteiger partial charge in [-0.2, -0.15) is 0 Å². The number of anilines is 1. The molecule has 2 aromatic heterocycles. The first-order chi connectivity index (χ1) is 21.3. The average molecular weight is 605 g/mol. The van der Waals surface area contributed by atoms with Crippen LogP contribution in [0.3, 0.4) is 0 Å². The van der Waals surface area contributed by atoms with Crippen molar-refractivity contribution in [2.24, 2.45) is 4.99 Å². The summed E-state index contributed by atoms with van der Waals surface area (Å²) in [5.41, 5.74) is 4.84. The number of amides is 1. The van der Waals surface area contributed by atoms with Gasteiger partial charge in [0.2, 0.25) is 0 Å². The third-order valence-electron chi connectivity index (χ3n) is 7.76. The lowest BCUT2D eigenvalue weighted by Crippen LogP contribution is -2.40. The number of benzene rings is 3. The van der Waals surface area contributed by atoms with Gasteiger partial charge < -0.3 is 19.7 Å². The van der Waals surface area contributed by atoms with E-state index in [9.17, 15) is 14.7 Å². The number of ether oxygens (including phenoxy) is 1. The van der Waals surface area contributed by atoms with Crippen molar-refractivity contribution in [3.05, 3.63) is 133 Å². The highest BCUT2D eigenvalue weighted by molar-refractivity contribution is 7.07. The molecule has 1 aliphatic rings. The fourth-order valence-electron chi connectivity index (χ4n) is 5.75. The van der Waals surface area contributed by atoms with Crippen LogP contribution in [0.25, 0.3) is 17.0 Å². The normalized spacial score (nSPS) is 14.8. The molecule has 1 amide bonds. The maximum atomic E-state index is 14.3. The van der Waals surface area contributed by atoms with Gasteiger partial charge in [-0.15, -0.1) is 6.58 Å². The van der Waals surface area contributed by atoms with Gasteiger partial charge in [0.1, 0.15) is 0 Å². The first kappa shape index (κ1) is 28.9. The van der Waals surface area contributed by atoms with Crippen molar-refractivity contribution in [3.8, 4) is 11.5 Å². The number of aromatic nitrogens is 2. The minimum atomic E-state index is -0.805. The largest absolute Gasteiger partial charge is 0.504 e. The van der Waals surface area contributed by atoms with E-state index in [-0.39, 0.29) is 23.0 Å². The molecule has 0 spiro atoms. The summed E-state index contributed by atoms with van der Waals surface area (Å²) in [6.07, 6.45) is 3.78. The number of para-hydroxylation sites is 2. The van der Waals surface area contributed by atoms with Crippen molar-refractivity contribution in [2.45, 2.75) is 33.4 Å². The summed E-state index contributed by atoms with van der Waals surface area (Å²) in [6.45, 7) is 10.5. The highest BCUT2D eigenvalue weighted by Crippen LogP contribution is 2.36. The second-order valence-electron chi connectivity index (χ2n) is 10.5. The van der Waals surface area contributed by atoms with Gasteiger partial charge in [0.25, 0.3) is 11.5 Å². The summed E-state index contributed by atoms with van der Waals surface area (Å²) in [4.78, 5) is 33.4. The second kappa shape index (κ2) is 11.9. The van der Waals surface area contributed by atoms with E-state index in [0.717, 1.165) is 22.2 Å². The minimum Gasteiger partial charge on any atom is -0.504 e. The molecule has 0 saturated carbocycles. The van der Waals surface area contributed by atoms with E-state index in [1.807, 2.05) is 56.3 Å². The van der Waals surface area contributed by atoms with E-state index >= 15 is 0 Å². The zero-order valence-electron chi connectivity index (χ0n) is 24.7. The number of nitrogens with one attached hydrogen (secondary N) is 1. The summed E-state index contributed by atoms with van der Waals surface area (Å²) < 4.78 is 9.92. The Labute approximate surface area is 258 Å². The number of allylic oxidation sites excluding steroid dienone is 2. The molecule has 3 heterocycles. The van der Waals surface area contributed by atoms with Crippen LogP contribution in [0.4, 0.5) is 5.69 Å². The van der Waals surface area contributed by atoms with Gasteiger partial charge in [-0.3, -0.25) is 14.2 Å². The molecular weight excluding hydrogens is 572 g/mol. The molecule has 9 heteroatoms. The topological polar surface area (TPSA) is 97.9 Å². The Bertz CT molecular complexity index is 2140. The smallest absolute Gasteiger partial charge is 0.271 e. The monoisotopic (exact) mass is 604 g/mol. The van der Waals surface area contributed by atoms with Gasteiger partial charge in [0, 0.05) is 34.4 Å². The van der Waals surface area contributed by atoms with Crippen LogP contribution in [0, 0.1) is 6.92 Å². The van der Waals surface area contributed by atoms with Crippen molar-refractivity contribution in [1.29, 1.82) is 0 Å². The first-order valence-corrected chi connectivity index (χ1v) is 15.2. The van der Waals surface area contributed by atoms with E-state index in [1.165, 1.54) is 17.4 Å². The number of phenolic OH excluding ortho intramolecular Hbond substituents is 1. The van der Waals surface area contributed by atoms with E-state index in [0.29, 0.717) is 45.0 Å². The lowest BCUT2D eigenvalue weighted by molar-refractivity contribution is -0.113. The molecule has 44 heavy (non-hydrogen) atoms. The molecule has 2 N–H and O–H groups in total. The van der Waals surface area contributed by atoms with Crippen LogP contribution in [0.15, 0.2) is 107 Å². The van der Waals surface area contributed by atoms with Crippen molar-refractivity contribution < 1.29 is 14.6 Å². The number of carbonyl (C=O) groups is 1. The van der Waals surface area contributed by atoms with Gasteiger partial charge in [-0.25, -0.2) is 4.99 Å². The molecule has 222 valence electrons. The van der Waals surface area contributed by atoms with Gasteiger partial charge in [0.05, 0.1) is 28.5 Å². The third kappa shape index (κ3) is 5.05. The Morgan fingerprint density at radius 3 is 2.61 bits per heavy atom. The van der Waals surface area contributed by atoms with Gasteiger partial charge in [-0.05, 0) is 62.7 Å². The summed E-state index contributed by atoms with van der Waals surface area (Å²) in [5.74, 6) is -0.119. The number of phenols is 1. The molecule has 8 nitrogen and oxygen atoms in total. The fraction of sp³-hybridized carbons (Fsp3) is 0.171. The summed E-state index contributed by atoms with van der Waals surface area (Å²) >= 11 is 1.29. The zero-order chi connectivity index (χ0) is 31.0. The van der Waals surface area contributed by atoms with Crippen LogP contribution < -0.4 is 24.9 Å². The van der Waals surface area contributed by atoms with Crippen LogP contribution >= 0.6 is 11.3 Å². The van der Waals surface area contributed by atoms with Gasteiger partial charge >= 0.3 is 0 Å². The lowest BCUT2D eigenvalue weighted by Gasteiger charge is -2.26. The maximum Gasteiger partial charge on any atom is 0.271 e. The Balaban J connectivity index is 1.56. The number of hydrogen-bond donors (Lipinski definition) is 2. The van der Waals surface area contributed by atoms with Crippen LogP contribution in [0.5, 0.6) is 11.5 Å². The highest BCUT2D eigenvalue weighted by atomic mass is 32.1. The molecule has 3 aromatic carbocycles. The minimum absolute atomic E-state index is 0.0228. The third-order valence-corrected chi connectivity index (χ3v) is 8.75. The number of carbonyl (C=O) groups excluding carboxylic acids is 1. The van der Waals surface area contributed by atoms with Gasteiger partial charge in [-0.1, -0.05) is 59.9 Å². The fourth-order valence-corrected chi connectivity index (χ4v) is 6.78. The first-order valence-electron chi connectivity index (χ1n) is 14.4. The summed E-state index contributed by atoms with van der Waals surface area (Å²) in [5, 5.41) is 14.4. The molecule has 0 radical (unpaired) electrons. The molecule has 6 rings (SSSR count). The Hall–Kier alpha value is -5.15. The predicted octanol–water partition coefficient (Wildman–Crippen LogP) is 5.43. The van der Waals surface area contributed by atoms with E-state index in [4.69, 9.17) is 9.73 Å². The molecule has 0 saturated heterocycles. The summed E-state index contributed by atoms with van der Waals surface area (Å²) in [7, 11) is 0. The van der Waals surface area contributed by atoms with Crippen LogP contribution in [0.1, 0.15) is 36.7 Å². The number of aromatic hydroxyl groups is 1. The lowest BCUT2D eigenvalue weighted by atomic mass is 9.94. The average Bonchev–Trinajstić information content (AvgIpc) is 3.46. The SMILES string of the molecule is C=CCn1c(C)c(/C=c2\sc3n(c2=O)[C@@H](c2ccc(O)c(OCC)c2)C(C(=O)Nc2ccccc2)=C(C)N=3)c2ccccc21. The Morgan fingerprint density at radius 2 is 1.86 bits per heavy atom. The van der Waals surface area contributed by atoms with E-state index < -0.39 is 6.04 Å². The van der Waals surface area contributed by atoms with Crippen molar-refractivity contribution in [3.63, 3.8) is 0 Å². The molecule has 0 aliphatic carbocycles. The molecule has 1 aliphatic heterocycles. The molecule has 0 fully saturated rings. The number of thiazole rings is 1. The molecule has 0 bridgehead atoms. The number of hydrogen-bond acceptors (Lipinski definition) is 6. The van der Waals surface area contributed by atoms with Crippen LogP contribution in [-0.4, -0.2) is 26.8 Å². The molecule has 0 unspecified atom stereocenters. The zero-order valence-corrected chi connectivity index (χ0v) is 25.5. The van der Waals surface area contributed by atoms with E-state index in [2.05, 4.69) is 28.6 Å². The second-order valence-corrected chi connectivity index (χ2v) is 11.5. The van der Waals surface area contributed by atoms with Crippen molar-refractivity contribution in [2.75, 3.05) is 11.9 Å². The number of fused-ring (bicyclic) bond motifs is 2. The van der Waals surface area contributed by atoms with Crippen LogP contribution in [0.2, 0.25) is 0 Å². The molecular formula is C35H32N4O4S. The van der Waals surface area contributed by atoms with Crippen molar-refractivity contribution in [1.82, 2.24) is 9.13 Å².